The smallest absolute Gasteiger partial charge is 0.255 e. The molecule has 31 heavy (non-hydrogen) atoms. The van der Waals surface area contributed by atoms with Crippen LogP contribution in [0.3, 0.4) is 0 Å². The Morgan fingerprint density at radius 1 is 1.10 bits per heavy atom. The Hall–Kier alpha value is -3.00. The van der Waals surface area contributed by atoms with Crippen LogP contribution in [0.2, 0.25) is 0 Å². The summed E-state index contributed by atoms with van der Waals surface area (Å²) in [4.78, 5) is 35.5. The van der Waals surface area contributed by atoms with Crippen LogP contribution in [0.1, 0.15) is 58.0 Å². The van der Waals surface area contributed by atoms with Crippen molar-refractivity contribution in [3.05, 3.63) is 53.5 Å². The van der Waals surface area contributed by atoms with Crippen molar-refractivity contribution in [1.82, 2.24) is 20.2 Å². The summed E-state index contributed by atoms with van der Waals surface area (Å²) in [7, 11) is 1.55. The van der Waals surface area contributed by atoms with E-state index in [2.05, 4.69) is 15.3 Å². The minimum atomic E-state index is -0.122. The maximum absolute atomic E-state index is 12.7. The van der Waals surface area contributed by atoms with E-state index < -0.39 is 0 Å². The molecule has 1 atom stereocenters. The fourth-order valence-electron chi connectivity index (χ4n) is 4.08. The lowest BCUT2D eigenvalue weighted by Crippen LogP contribution is -2.38. The van der Waals surface area contributed by atoms with E-state index in [1.807, 2.05) is 17.0 Å². The molecule has 1 N–H and O–H groups in total. The van der Waals surface area contributed by atoms with Crippen molar-refractivity contribution >= 4 is 11.8 Å². The molecule has 2 saturated heterocycles. The molecule has 4 heterocycles. The van der Waals surface area contributed by atoms with Gasteiger partial charge in [-0.05, 0) is 43.9 Å². The Balaban J connectivity index is 1.28. The summed E-state index contributed by atoms with van der Waals surface area (Å²) < 4.78 is 10.6. The van der Waals surface area contributed by atoms with Gasteiger partial charge in [0.05, 0.1) is 24.3 Å². The fraction of sp³-hybridized carbons (Fsp3) is 0.478. The van der Waals surface area contributed by atoms with Gasteiger partial charge in [-0.2, -0.15) is 0 Å². The molecule has 164 valence electrons. The van der Waals surface area contributed by atoms with Crippen LogP contribution in [-0.2, 0) is 4.74 Å². The first-order valence-corrected chi connectivity index (χ1v) is 10.8. The summed E-state index contributed by atoms with van der Waals surface area (Å²) in [6.45, 7) is 2.65. The highest BCUT2D eigenvalue weighted by atomic mass is 16.5. The Kier molecular flexibility index (Phi) is 6.76. The van der Waals surface area contributed by atoms with Crippen molar-refractivity contribution in [3.8, 4) is 5.88 Å². The Morgan fingerprint density at radius 3 is 2.48 bits per heavy atom. The Labute approximate surface area is 182 Å². The SMILES string of the molecule is COc1ccc(C(=O)N2CCC(c3ccc(C(=O)NC[C@@H]4CCCO4)cn3)CC2)cn1. The average molecular weight is 425 g/mol. The molecule has 0 saturated carbocycles. The van der Waals surface area contributed by atoms with Gasteiger partial charge in [0.25, 0.3) is 11.8 Å². The average Bonchev–Trinajstić information content (AvgIpc) is 3.36. The summed E-state index contributed by atoms with van der Waals surface area (Å²) in [5.41, 5.74) is 2.09. The molecule has 2 aromatic heterocycles. The summed E-state index contributed by atoms with van der Waals surface area (Å²) in [5, 5.41) is 2.92. The quantitative estimate of drug-likeness (QED) is 0.765. The molecule has 8 heteroatoms. The number of methoxy groups -OCH3 is 1. The van der Waals surface area contributed by atoms with Crippen LogP contribution in [-0.4, -0.2) is 66.1 Å². The predicted molar refractivity (Wildman–Crippen MR) is 114 cm³/mol. The standard InChI is InChI=1S/C23H28N4O4/c1-30-21-7-5-18(14-25-21)23(29)27-10-8-16(9-11-27)20-6-4-17(13-24-20)22(28)26-15-19-3-2-12-31-19/h4-7,13-14,16,19H,2-3,8-12,15H2,1H3,(H,26,28)/t19-/m0/s1. The number of carbonyl (C=O) groups excluding carboxylic acids is 2. The first-order chi connectivity index (χ1) is 15.1. The topological polar surface area (TPSA) is 93.7 Å². The molecule has 2 aliphatic heterocycles. The number of likely N-dealkylation sites (tertiary alicyclic amines) is 1. The summed E-state index contributed by atoms with van der Waals surface area (Å²) in [6, 6.07) is 7.19. The van der Waals surface area contributed by atoms with E-state index in [0.29, 0.717) is 36.6 Å². The molecule has 8 nitrogen and oxygen atoms in total. The highest BCUT2D eigenvalue weighted by molar-refractivity contribution is 5.94. The van der Waals surface area contributed by atoms with Crippen LogP contribution in [0.4, 0.5) is 0 Å². The summed E-state index contributed by atoms with van der Waals surface area (Å²) >= 11 is 0. The lowest BCUT2D eigenvalue weighted by Gasteiger charge is -2.31. The van der Waals surface area contributed by atoms with Gasteiger partial charge in [-0.1, -0.05) is 0 Å². The molecule has 2 amide bonds. The van der Waals surface area contributed by atoms with Gasteiger partial charge < -0.3 is 19.7 Å². The van der Waals surface area contributed by atoms with Crippen LogP contribution in [0.25, 0.3) is 0 Å². The molecule has 0 radical (unpaired) electrons. The molecular formula is C23H28N4O4. The van der Waals surface area contributed by atoms with E-state index in [1.165, 1.54) is 0 Å². The number of rotatable bonds is 6. The number of amides is 2. The summed E-state index contributed by atoms with van der Waals surface area (Å²) in [5.74, 6) is 0.635. The highest BCUT2D eigenvalue weighted by Crippen LogP contribution is 2.27. The second-order valence-electron chi connectivity index (χ2n) is 7.97. The Morgan fingerprint density at radius 2 is 1.87 bits per heavy atom. The van der Waals surface area contributed by atoms with Crippen LogP contribution >= 0.6 is 0 Å². The van der Waals surface area contributed by atoms with Crippen LogP contribution in [0.15, 0.2) is 36.7 Å². The number of hydrogen-bond acceptors (Lipinski definition) is 6. The minimum absolute atomic E-state index is 0.0141. The lowest BCUT2D eigenvalue weighted by atomic mass is 9.92. The third kappa shape index (κ3) is 5.19. The van der Waals surface area contributed by atoms with Gasteiger partial charge in [-0.3, -0.25) is 14.6 Å². The zero-order valence-corrected chi connectivity index (χ0v) is 17.8. The van der Waals surface area contributed by atoms with E-state index in [4.69, 9.17) is 9.47 Å². The summed E-state index contributed by atoms with van der Waals surface area (Å²) in [6.07, 6.45) is 7.04. The van der Waals surface area contributed by atoms with Crippen molar-refractivity contribution in [1.29, 1.82) is 0 Å². The van der Waals surface area contributed by atoms with Gasteiger partial charge in [0.1, 0.15) is 0 Å². The second kappa shape index (κ2) is 9.87. The fourth-order valence-corrected chi connectivity index (χ4v) is 4.08. The van der Waals surface area contributed by atoms with E-state index in [1.54, 1.807) is 31.6 Å². The molecule has 0 spiro atoms. The molecule has 2 aliphatic rings. The lowest BCUT2D eigenvalue weighted by molar-refractivity contribution is 0.0711. The van der Waals surface area contributed by atoms with Crippen LogP contribution < -0.4 is 10.1 Å². The number of pyridine rings is 2. The number of nitrogens with zero attached hydrogens (tertiary/aromatic N) is 3. The molecular weight excluding hydrogens is 396 g/mol. The number of ether oxygens (including phenoxy) is 2. The van der Waals surface area contributed by atoms with Crippen molar-refractivity contribution in [2.45, 2.75) is 37.7 Å². The van der Waals surface area contributed by atoms with Gasteiger partial charge in [0, 0.05) is 56.3 Å². The zero-order chi connectivity index (χ0) is 21.6. The molecule has 0 unspecified atom stereocenters. The maximum atomic E-state index is 12.7. The van der Waals surface area contributed by atoms with Crippen molar-refractivity contribution < 1.29 is 19.1 Å². The van der Waals surface area contributed by atoms with Gasteiger partial charge in [-0.15, -0.1) is 0 Å². The molecule has 4 rings (SSSR count). The normalized spacial score (nSPS) is 19.3. The van der Waals surface area contributed by atoms with Gasteiger partial charge in [0.2, 0.25) is 5.88 Å². The number of hydrogen-bond donors (Lipinski definition) is 1. The second-order valence-corrected chi connectivity index (χ2v) is 7.97. The first-order valence-electron chi connectivity index (χ1n) is 10.8. The highest BCUT2D eigenvalue weighted by Gasteiger charge is 2.26. The zero-order valence-electron chi connectivity index (χ0n) is 17.8. The van der Waals surface area contributed by atoms with E-state index >= 15 is 0 Å². The minimum Gasteiger partial charge on any atom is -0.481 e. The third-order valence-corrected chi connectivity index (χ3v) is 5.96. The molecule has 0 bridgehead atoms. The predicted octanol–water partition coefficient (Wildman–Crippen LogP) is 2.41. The van der Waals surface area contributed by atoms with Gasteiger partial charge >= 0.3 is 0 Å². The first kappa shape index (κ1) is 21.2. The largest absolute Gasteiger partial charge is 0.481 e. The Bertz CT molecular complexity index is 887. The van der Waals surface area contributed by atoms with E-state index in [-0.39, 0.29) is 23.8 Å². The van der Waals surface area contributed by atoms with Gasteiger partial charge in [0.15, 0.2) is 0 Å². The molecule has 0 aromatic carbocycles. The van der Waals surface area contributed by atoms with E-state index in [9.17, 15) is 9.59 Å². The van der Waals surface area contributed by atoms with Crippen molar-refractivity contribution in [2.75, 3.05) is 33.4 Å². The van der Waals surface area contributed by atoms with E-state index in [0.717, 1.165) is 38.0 Å². The van der Waals surface area contributed by atoms with Crippen LogP contribution in [0, 0.1) is 0 Å². The third-order valence-electron chi connectivity index (χ3n) is 5.96. The number of carbonyl (C=O) groups is 2. The number of aromatic nitrogens is 2. The monoisotopic (exact) mass is 424 g/mol. The molecule has 2 fully saturated rings. The molecule has 2 aromatic rings. The van der Waals surface area contributed by atoms with Crippen molar-refractivity contribution in [3.63, 3.8) is 0 Å². The number of piperidine rings is 1. The van der Waals surface area contributed by atoms with Gasteiger partial charge in [-0.25, -0.2) is 4.98 Å². The number of nitrogens with one attached hydrogen (secondary N) is 1. The van der Waals surface area contributed by atoms with Crippen LogP contribution in [0.5, 0.6) is 5.88 Å². The van der Waals surface area contributed by atoms with Crippen molar-refractivity contribution in [2.24, 2.45) is 0 Å². The molecule has 0 aliphatic carbocycles. The maximum Gasteiger partial charge on any atom is 0.255 e.